The van der Waals surface area contributed by atoms with Gasteiger partial charge in [-0.15, -0.1) is 45.5 Å². The third kappa shape index (κ3) is 15.6. The SMILES string of the molecule is [3H]c1ccc(OCc2c(C#C)cnnc2-n2nnn(C)c2=O)c(C)c1.[3H]c1ccc(OCc2c(C)cnnc2-n2nnn(C)c2=O)c(C)c1.[3H]c1ccc(OCc2c(C=C)cnnc2-n2nnn(C)c2=O)c(C)c1.[3H]c1ccc(OCc2c(OCC)cnnc2-n2nnn(C)c2=O)c(C)c1. The first kappa shape index (κ1) is 61.8. The van der Waals surface area contributed by atoms with Crippen LogP contribution < -0.4 is 46.4 Å². The van der Waals surface area contributed by atoms with E-state index in [1.807, 2.05) is 41.5 Å². The topological polar surface area (TPSA) is 360 Å². The van der Waals surface area contributed by atoms with Gasteiger partial charge in [-0.1, -0.05) is 91.3 Å². The molecule has 0 aliphatic rings. The van der Waals surface area contributed by atoms with Crippen molar-refractivity contribution in [1.82, 2.24) is 120 Å². The number of terminal acetylenes is 1. The number of para-hydroxylation sites is 4. The molecule has 8 aromatic heterocycles. The quantitative estimate of drug-likeness (QED) is 0.104. The Kier molecular flexibility index (Phi) is 20.2. The predicted molar refractivity (Wildman–Crippen MR) is 345 cm³/mol. The Balaban J connectivity index is 0.000000156. The lowest BCUT2D eigenvalue weighted by atomic mass is 10.1. The highest BCUT2D eigenvalue weighted by Gasteiger charge is 2.22. The molecule has 0 atom stereocenters. The zero-order chi connectivity index (χ0) is 71.9. The van der Waals surface area contributed by atoms with Crippen molar-refractivity contribution < 1.29 is 29.2 Å². The van der Waals surface area contributed by atoms with Gasteiger partial charge < -0.3 is 23.7 Å². The Morgan fingerprint density at radius 3 is 1.12 bits per heavy atom. The second-order valence-electron chi connectivity index (χ2n) is 20.4. The molecule has 96 heavy (non-hydrogen) atoms. The summed E-state index contributed by atoms with van der Waals surface area (Å²) in [5, 5.41) is 61.5. The molecule has 33 nitrogen and oxygen atoms in total. The molecule has 12 rings (SSSR count). The van der Waals surface area contributed by atoms with Crippen molar-refractivity contribution in [1.29, 1.82) is 0 Å². The molecule has 0 saturated carbocycles. The average Bonchev–Trinajstić information content (AvgIpc) is 1.58. The van der Waals surface area contributed by atoms with E-state index < -0.39 is 22.8 Å². The van der Waals surface area contributed by atoms with Crippen molar-refractivity contribution in [2.45, 2.75) is 68.0 Å². The first-order valence-electron chi connectivity index (χ1n) is 30.8. The minimum absolute atomic E-state index is 0.0611. The van der Waals surface area contributed by atoms with E-state index in [1.165, 1.54) is 46.8 Å². The first-order chi connectivity index (χ1) is 48.0. The van der Waals surface area contributed by atoms with E-state index in [2.05, 4.69) is 95.0 Å². The normalized spacial score (nSPS) is 11.2. The molecule has 0 saturated heterocycles. The highest BCUT2D eigenvalue weighted by Crippen LogP contribution is 2.27. The summed E-state index contributed by atoms with van der Waals surface area (Å²) >= 11 is 0. The molecular formula is C63H64N24O9. The number of hydrogen-bond acceptors (Lipinski definition) is 25. The summed E-state index contributed by atoms with van der Waals surface area (Å²) in [4.78, 5) is 48.5. The number of nitrogens with zero attached hydrogens (tertiary/aromatic N) is 24. The number of ether oxygens (including phenoxy) is 5. The lowest BCUT2D eigenvalue weighted by Gasteiger charge is -2.14. The zero-order valence-electron chi connectivity index (χ0n) is 57.5. The second-order valence-corrected chi connectivity index (χ2v) is 20.4. The molecule has 0 aliphatic carbocycles. The zero-order valence-corrected chi connectivity index (χ0v) is 53.5. The minimum Gasteiger partial charge on any atom is -0.492 e. The van der Waals surface area contributed by atoms with Crippen LogP contribution in [0.1, 0.15) is 73.6 Å². The highest BCUT2D eigenvalue weighted by molar-refractivity contribution is 5.55. The maximum atomic E-state index is 12.2. The molecule has 33 heteroatoms. The van der Waals surface area contributed by atoms with Gasteiger partial charge in [-0.2, -0.15) is 39.1 Å². The van der Waals surface area contributed by atoms with Crippen molar-refractivity contribution in [3.05, 3.63) is 231 Å². The fourth-order valence-corrected chi connectivity index (χ4v) is 8.58. The van der Waals surface area contributed by atoms with Gasteiger partial charge in [-0.25, -0.2) is 19.2 Å². The van der Waals surface area contributed by atoms with E-state index in [9.17, 15) is 19.2 Å². The number of hydrogen-bond donors (Lipinski definition) is 0. The van der Waals surface area contributed by atoms with Crippen molar-refractivity contribution in [2.24, 2.45) is 28.2 Å². The van der Waals surface area contributed by atoms with Crippen LogP contribution >= 0.6 is 0 Å². The summed E-state index contributed by atoms with van der Waals surface area (Å²) in [7, 11) is 5.98. The Labute approximate surface area is 552 Å². The fraction of sp³-hybridized carbons (Fsp3) is 0.238. The van der Waals surface area contributed by atoms with Crippen LogP contribution in [-0.4, -0.2) is 127 Å². The molecule has 12 aromatic rings. The molecule has 0 aliphatic heterocycles. The van der Waals surface area contributed by atoms with E-state index >= 15 is 0 Å². The Morgan fingerprint density at radius 1 is 0.427 bits per heavy atom. The highest BCUT2D eigenvalue weighted by atomic mass is 16.5. The minimum atomic E-state index is -0.473. The smallest absolute Gasteiger partial charge is 0.369 e. The van der Waals surface area contributed by atoms with E-state index in [1.54, 1.807) is 85.1 Å². The van der Waals surface area contributed by atoms with Gasteiger partial charge in [-0.3, -0.25) is 0 Å². The van der Waals surface area contributed by atoms with Crippen LogP contribution in [-0.2, 0) is 54.6 Å². The summed E-state index contributed by atoms with van der Waals surface area (Å²) in [6.07, 6.45) is 13.2. The van der Waals surface area contributed by atoms with Gasteiger partial charge in [0.15, 0.2) is 23.3 Å². The van der Waals surface area contributed by atoms with Crippen LogP contribution in [0, 0.1) is 47.0 Å². The van der Waals surface area contributed by atoms with Crippen molar-refractivity contribution >= 4 is 6.08 Å². The standard InChI is InChI=1S/C16H18N6O3.C16H16N6O2.C16H14N6O2.C15H16N6O2/c1-4-24-14-9-17-18-15(22-16(23)21(3)19-20-22)12(14)10-25-13-8-6-5-7-11(13)2;2*1-4-12-9-17-18-15(22-16(23)21(3)19-20-22)13(12)10-24-14-8-6-5-7-11(14)2;1-10-6-4-5-7-13(10)23-9-12-11(2)8-16-17-14(12)21-15(22)20(3)18-19-21/h5-9H,4,10H2,1-3H3;4-9H,1,10H2,2-3H3;1,5-9H,10H2,2-3H3;4-8H,9H2,1-3H3/i3*5T;4T. The van der Waals surface area contributed by atoms with Gasteiger partial charge in [-0.05, 0) is 135 Å². The summed E-state index contributed by atoms with van der Waals surface area (Å²) in [6.45, 7) is 15.8. The molecule has 0 amide bonds. The monoisotopic (exact) mass is 1310 g/mol. The summed E-state index contributed by atoms with van der Waals surface area (Å²) in [5.74, 6) is 6.39. The second kappa shape index (κ2) is 31.3. The van der Waals surface area contributed by atoms with Crippen molar-refractivity contribution in [3.8, 4) is 64.4 Å². The van der Waals surface area contributed by atoms with Crippen LogP contribution in [0.2, 0.25) is 0 Å². The first-order valence-corrected chi connectivity index (χ1v) is 28.8. The molecule has 490 valence electrons. The third-order valence-corrected chi connectivity index (χ3v) is 13.9. The number of aryl methyl sites for hydroxylation is 9. The predicted octanol–water partition coefficient (Wildman–Crippen LogP) is 3.91. The van der Waals surface area contributed by atoms with Crippen LogP contribution in [0.15, 0.2) is 148 Å². The van der Waals surface area contributed by atoms with Gasteiger partial charge in [0, 0.05) is 44.9 Å². The number of rotatable bonds is 19. The summed E-state index contributed by atoms with van der Waals surface area (Å²) in [6, 6.07) is 22.0. The third-order valence-electron chi connectivity index (χ3n) is 13.9. The number of aromatic nitrogens is 24. The van der Waals surface area contributed by atoms with Crippen molar-refractivity contribution in [3.63, 3.8) is 0 Å². The van der Waals surface area contributed by atoms with E-state index in [4.69, 9.17) is 35.6 Å². The van der Waals surface area contributed by atoms with Gasteiger partial charge in [0.2, 0.25) is 0 Å². The van der Waals surface area contributed by atoms with Crippen LogP contribution in [0.4, 0.5) is 0 Å². The Bertz CT molecular complexity index is 5250. The Morgan fingerprint density at radius 2 is 0.760 bits per heavy atom. The van der Waals surface area contributed by atoms with Gasteiger partial charge in [0.1, 0.15) is 55.2 Å². The molecule has 0 spiro atoms. The van der Waals surface area contributed by atoms with Gasteiger partial charge >= 0.3 is 22.8 Å². The van der Waals surface area contributed by atoms with Gasteiger partial charge in [0.25, 0.3) is 0 Å². The molecule has 0 radical (unpaired) electrons. The largest absolute Gasteiger partial charge is 0.492 e. The van der Waals surface area contributed by atoms with Crippen LogP contribution in [0.5, 0.6) is 28.7 Å². The molecule has 8 heterocycles. The molecule has 0 unspecified atom stereocenters. The fourth-order valence-electron chi connectivity index (χ4n) is 8.58. The molecule has 0 bridgehead atoms. The van der Waals surface area contributed by atoms with Crippen LogP contribution in [0.3, 0.4) is 0 Å². The van der Waals surface area contributed by atoms with E-state index in [0.717, 1.165) is 65.3 Å². The van der Waals surface area contributed by atoms with Crippen LogP contribution in [0.25, 0.3) is 29.3 Å². The number of tetrazole rings is 4. The average molecular weight is 1310 g/mol. The van der Waals surface area contributed by atoms with Gasteiger partial charge in [0.05, 0.1) is 53.6 Å². The Hall–Kier alpha value is -13.0. The maximum Gasteiger partial charge on any atom is 0.369 e. The summed E-state index contributed by atoms with van der Waals surface area (Å²) < 4.78 is 68.1. The molecule has 0 N–H and O–H groups in total. The molecule has 0 fully saturated rings. The van der Waals surface area contributed by atoms with Crippen molar-refractivity contribution in [2.75, 3.05) is 6.61 Å². The lowest BCUT2D eigenvalue weighted by Crippen LogP contribution is -2.24. The summed E-state index contributed by atoms with van der Waals surface area (Å²) in [5.41, 5.74) is 5.85. The number of benzene rings is 4. The lowest BCUT2D eigenvalue weighted by molar-refractivity contribution is 0.282. The van der Waals surface area contributed by atoms with E-state index in [0.29, 0.717) is 98.7 Å². The maximum absolute atomic E-state index is 12.2. The molecule has 4 aromatic carbocycles. The molecular weight excluding hydrogens is 1240 g/mol. The van der Waals surface area contributed by atoms with E-state index in [-0.39, 0.29) is 43.9 Å².